The third kappa shape index (κ3) is 3.78. The van der Waals surface area contributed by atoms with E-state index in [1.165, 1.54) is 0 Å². The van der Waals surface area contributed by atoms with Crippen molar-refractivity contribution in [2.24, 2.45) is 7.05 Å². The number of hydrogen-bond donors (Lipinski definition) is 1. The summed E-state index contributed by atoms with van der Waals surface area (Å²) in [4.78, 5) is 14.3. The normalized spacial score (nSPS) is 21.1. The standard InChI is InChI=1S/C22H27ClN6O/c1-27-20-5-3-2-4-19(20)26-22(27)17-12-21(25-13-18(17)23)29-10-11-30-15-16(14-29)28-8-6-24-7-9-28/h2-5,12-13,16,24H,6-11,14-15H2,1H3. The molecule has 1 N–H and O–H groups in total. The lowest BCUT2D eigenvalue weighted by Gasteiger charge is -2.36. The first-order chi connectivity index (χ1) is 14.7. The van der Waals surface area contributed by atoms with Gasteiger partial charge < -0.3 is 19.5 Å². The lowest BCUT2D eigenvalue weighted by Crippen LogP contribution is -2.53. The van der Waals surface area contributed by atoms with Crippen LogP contribution in [0.1, 0.15) is 0 Å². The van der Waals surface area contributed by atoms with Crippen LogP contribution in [0.3, 0.4) is 0 Å². The Labute approximate surface area is 181 Å². The maximum atomic E-state index is 6.58. The lowest BCUT2D eigenvalue weighted by atomic mass is 10.2. The highest BCUT2D eigenvalue weighted by molar-refractivity contribution is 6.33. The second kappa shape index (κ2) is 8.51. The summed E-state index contributed by atoms with van der Waals surface area (Å²) < 4.78 is 8.03. The van der Waals surface area contributed by atoms with Crippen LogP contribution in [-0.2, 0) is 11.8 Å². The molecule has 4 heterocycles. The van der Waals surface area contributed by atoms with Crippen molar-refractivity contribution in [3.05, 3.63) is 41.6 Å². The quantitative estimate of drug-likeness (QED) is 0.694. The maximum Gasteiger partial charge on any atom is 0.142 e. The lowest BCUT2D eigenvalue weighted by molar-refractivity contribution is 0.0741. The van der Waals surface area contributed by atoms with E-state index in [9.17, 15) is 0 Å². The van der Waals surface area contributed by atoms with Crippen molar-refractivity contribution in [2.45, 2.75) is 6.04 Å². The van der Waals surface area contributed by atoms with E-state index in [1.54, 1.807) is 6.20 Å². The summed E-state index contributed by atoms with van der Waals surface area (Å²) >= 11 is 6.58. The van der Waals surface area contributed by atoms with Gasteiger partial charge in [-0.05, 0) is 18.2 Å². The predicted octanol–water partition coefficient (Wildman–Crippen LogP) is 2.40. The molecule has 0 aliphatic carbocycles. The van der Waals surface area contributed by atoms with Crippen LogP contribution in [0.4, 0.5) is 5.82 Å². The molecule has 2 aliphatic heterocycles. The molecule has 2 fully saturated rings. The third-order valence-corrected chi connectivity index (χ3v) is 6.41. The van der Waals surface area contributed by atoms with Gasteiger partial charge in [0.1, 0.15) is 11.6 Å². The van der Waals surface area contributed by atoms with Gasteiger partial charge in [0.15, 0.2) is 0 Å². The van der Waals surface area contributed by atoms with Crippen molar-refractivity contribution in [2.75, 3.05) is 57.4 Å². The van der Waals surface area contributed by atoms with Crippen LogP contribution >= 0.6 is 11.6 Å². The molecule has 2 aliphatic rings. The van der Waals surface area contributed by atoms with Crippen LogP contribution in [0.2, 0.25) is 5.02 Å². The molecule has 0 spiro atoms. The summed E-state index contributed by atoms with van der Waals surface area (Å²) in [5.41, 5.74) is 2.96. The molecule has 2 aromatic heterocycles. The number of hydrogen-bond acceptors (Lipinski definition) is 6. The van der Waals surface area contributed by atoms with E-state index in [0.29, 0.717) is 17.7 Å². The first-order valence-electron chi connectivity index (χ1n) is 10.6. The van der Waals surface area contributed by atoms with Crippen molar-refractivity contribution in [3.8, 4) is 11.4 Å². The average molecular weight is 427 g/mol. The SMILES string of the molecule is Cn1c(-c2cc(N3CCOCC(N4CCNCC4)C3)ncc2Cl)nc2ccccc21. The number of aromatic nitrogens is 3. The Morgan fingerprint density at radius 3 is 2.83 bits per heavy atom. The monoisotopic (exact) mass is 426 g/mol. The Bertz CT molecular complexity index is 1030. The van der Waals surface area contributed by atoms with Crippen molar-refractivity contribution in [1.29, 1.82) is 0 Å². The molecule has 3 aromatic rings. The second-order valence-corrected chi connectivity index (χ2v) is 8.37. The van der Waals surface area contributed by atoms with Crippen LogP contribution in [-0.4, -0.2) is 78.0 Å². The minimum Gasteiger partial charge on any atom is -0.378 e. The van der Waals surface area contributed by atoms with E-state index in [4.69, 9.17) is 21.3 Å². The first-order valence-corrected chi connectivity index (χ1v) is 10.9. The van der Waals surface area contributed by atoms with Crippen molar-refractivity contribution in [3.63, 3.8) is 0 Å². The number of piperazine rings is 1. The number of benzene rings is 1. The number of anilines is 1. The number of rotatable bonds is 3. The molecule has 0 radical (unpaired) electrons. The Morgan fingerprint density at radius 1 is 1.17 bits per heavy atom. The number of pyridine rings is 1. The van der Waals surface area contributed by atoms with Gasteiger partial charge in [0, 0.05) is 58.1 Å². The predicted molar refractivity (Wildman–Crippen MR) is 120 cm³/mol. The summed E-state index contributed by atoms with van der Waals surface area (Å²) in [6.45, 7) is 7.37. The van der Waals surface area contributed by atoms with E-state index >= 15 is 0 Å². The molecule has 158 valence electrons. The van der Waals surface area contributed by atoms with E-state index in [1.807, 2.05) is 25.2 Å². The molecule has 0 saturated carbocycles. The van der Waals surface area contributed by atoms with Gasteiger partial charge >= 0.3 is 0 Å². The number of ether oxygens (including phenoxy) is 1. The fourth-order valence-electron chi connectivity index (χ4n) is 4.43. The summed E-state index contributed by atoms with van der Waals surface area (Å²) in [5, 5.41) is 4.04. The molecule has 1 unspecified atom stereocenters. The van der Waals surface area contributed by atoms with Crippen molar-refractivity contribution >= 4 is 28.5 Å². The molecule has 0 amide bonds. The molecule has 30 heavy (non-hydrogen) atoms. The number of imidazole rings is 1. The van der Waals surface area contributed by atoms with Gasteiger partial charge in [0.05, 0.1) is 35.3 Å². The highest BCUT2D eigenvalue weighted by Gasteiger charge is 2.27. The van der Waals surface area contributed by atoms with Crippen LogP contribution in [0.15, 0.2) is 36.5 Å². The number of nitrogens with zero attached hydrogens (tertiary/aromatic N) is 5. The largest absolute Gasteiger partial charge is 0.378 e. The molecule has 0 bridgehead atoms. The molecule has 8 heteroatoms. The van der Waals surface area contributed by atoms with Crippen LogP contribution in [0.5, 0.6) is 0 Å². The van der Waals surface area contributed by atoms with Gasteiger partial charge in [-0.2, -0.15) is 0 Å². The van der Waals surface area contributed by atoms with Crippen LogP contribution in [0, 0.1) is 0 Å². The zero-order valence-corrected chi connectivity index (χ0v) is 18.0. The van der Waals surface area contributed by atoms with Crippen LogP contribution in [0.25, 0.3) is 22.4 Å². The smallest absolute Gasteiger partial charge is 0.142 e. The summed E-state index contributed by atoms with van der Waals surface area (Å²) in [6.07, 6.45) is 1.75. The highest BCUT2D eigenvalue weighted by atomic mass is 35.5. The Balaban J connectivity index is 1.46. The Morgan fingerprint density at radius 2 is 2.00 bits per heavy atom. The molecule has 1 aromatic carbocycles. The van der Waals surface area contributed by atoms with Crippen molar-refractivity contribution < 1.29 is 4.74 Å². The molecule has 5 rings (SSSR count). The maximum absolute atomic E-state index is 6.58. The number of halogens is 1. The summed E-state index contributed by atoms with van der Waals surface area (Å²) in [7, 11) is 2.03. The summed E-state index contributed by atoms with van der Waals surface area (Å²) in [6, 6.07) is 10.6. The topological polar surface area (TPSA) is 58.5 Å². The Hall–Kier alpha value is -2.19. The van der Waals surface area contributed by atoms with Gasteiger partial charge in [-0.25, -0.2) is 9.97 Å². The fraction of sp³-hybridized carbons (Fsp3) is 0.455. The van der Waals surface area contributed by atoms with E-state index in [0.717, 1.165) is 74.1 Å². The van der Waals surface area contributed by atoms with Gasteiger partial charge in [-0.1, -0.05) is 23.7 Å². The van der Waals surface area contributed by atoms with Gasteiger partial charge in [0.25, 0.3) is 0 Å². The minimum absolute atomic E-state index is 0.367. The second-order valence-electron chi connectivity index (χ2n) is 7.97. The molecule has 2 saturated heterocycles. The average Bonchev–Trinajstić information content (AvgIpc) is 2.96. The number of aryl methyl sites for hydroxylation is 1. The number of para-hydroxylation sites is 2. The van der Waals surface area contributed by atoms with E-state index in [2.05, 4.69) is 36.8 Å². The summed E-state index contributed by atoms with van der Waals surface area (Å²) in [5.74, 6) is 1.78. The Kier molecular flexibility index (Phi) is 5.60. The molecule has 7 nitrogen and oxygen atoms in total. The highest BCUT2D eigenvalue weighted by Crippen LogP contribution is 2.32. The zero-order valence-electron chi connectivity index (χ0n) is 17.2. The van der Waals surface area contributed by atoms with Crippen molar-refractivity contribution in [1.82, 2.24) is 24.8 Å². The molecular weight excluding hydrogens is 400 g/mol. The molecule has 1 atom stereocenters. The number of fused-ring (bicyclic) bond motifs is 1. The first kappa shape index (κ1) is 19.8. The number of nitrogens with one attached hydrogen (secondary N) is 1. The van der Waals surface area contributed by atoms with Gasteiger partial charge in [-0.15, -0.1) is 0 Å². The van der Waals surface area contributed by atoms with Crippen LogP contribution < -0.4 is 10.2 Å². The van der Waals surface area contributed by atoms with Gasteiger partial charge in [0.2, 0.25) is 0 Å². The fourth-order valence-corrected chi connectivity index (χ4v) is 4.61. The van der Waals surface area contributed by atoms with E-state index < -0.39 is 0 Å². The third-order valence-electron chi connectivity index (χ3n) is 6.11. The minimum atomic E-state index is 0.367. The zero-order chi connectivity index (χ0) is 20.5. The van der Waals surface area contributed by atoms with E-state index in [-0.39, 0.29) is 0 Å². The van der Waals surface area contributed by atoms with Gasteiger partial charge in [-0.3, -0.25) is 4.90 Å². The molecular formula is C22H27ClN6O.